The number of benzene rings is 2. The van der Waals surface area contributed by atoms with Gasteiger partial charge in [-0.1, -0.05) is 42.5 Å². The lowest BCUT2D eigenvalue weighted by atomic mass is 10.1. The number of nitrogens with zero attached hydrogens (tertiary/aromatic N) is 1. The molecule has 2 heterocycles. The van der Waals surface area contributed by atoms with Gasteiger partial charge in [0, 0.05) is 16.7 Å². The van der Waals surface area contributed by atoms with Crippen molar-refractivity contribution in [2.24, 2.45) is 0 Å². The largest absolute Gasteiger partial charge is 0.493 e. The number of hydrogen-bond acceptors (Lipinski definition) is 5. The molecule has 142 valence electrons. The molecular formula is C22H20N2O2S2. The highest BCUT2D eigenvalue weighted by molar-refractivity contribution is 7.98. The molecule has 0 amide bonds. The number of aryl methyl sites for hydroxylation is 1. The van der Waals surface area contributed by atoms with E-state index in [1.165, 1.54) is 16.9 Å². The monoisotopic (exact) mass is 408 g/mol. The molecule has 0 saturated heterocycles. The van der Waals surface area contributed by atoms with Crippen molar-refractivity contribution < 1.29 is 4.74 Å². The van der Waals surface area contributed by atoms with Crippen LogP contribution in [0.15, 0.2) is 64.8 Å². The van der Waals surface area contributed by atoms with E-state index in [1.54, 1.807) is 11.8 Å². The van der Waals surface area contributed by atoms with E-state index < -0.39 is 0 Å². The maximum Gasteiger partial charge on any atom is 0.260 e. The molecule has 0 aliphatic carbocycles. The fourth-order valence-electron chi connectivity index (χ4n) is 2.98. The van der Waals surface area contributed by atoms with Crippen LogP contribution in [-0.2, 0) is 5.75 Å². The van der Waals surface area contributed by atoms with E-state index in [2.05, 4.69) is 9.97 Å². The Hall–Kier alpha value is -2.57. The van der Waals surface area contributed by atoms with Crippen LogP contribution >= 0.6 is 23.1 Å². The summed E-state index contributed by atoms with van der Waals surface area (Å²) in [5.41, 5.74) is 3.10. The van der Waals surface area contributed by atoms with Gasteiger partial charge in [0.2, 0.25) is 0 Å². The first kappa shape index (κ1) is 18.8. The Morgan fingerprint density at radius 1 is 1.14 bits per heavy atom. The maximum atomic E-state index is 12.6. The van der Waals surface area contributed by atoms with E-state index in [9.17, 15) is 4.79 Å². The fraction of sp³-hybridized carbons (Fsp3) is 0.182. The molecule has 0 aliphatic rings. The van der Waals surface area contributed by atoms with Gasteiger partial charge in [-0.15, -0.1) is 11.3 Å². The average molecular weight is 409 g/mol. The van der Waals surface area contributed by atoms with Crippen molar-refractivity contribution in [2.75, 3.05) is 12.4 Å². The molecule has 0 bridgehead atoms. The number of rotatable bonds is 7. The second-order valence-corrected chi connectivity index (χ2v) is 8.39. The highest BCUT2D eigenvalue weighted by Crippen LogP contribution is 2.30. The Morgan fingerprint density at radius 2 is 2.00 bits per heavy atom. The van der Waals surface area contributed by atoms with Crippen LogP contribution in [-0.4, -0.2) is 22.3 Å². The van der Waals surface area contributed by atoms with Crippen LogP contribution in [0.4, 0.5) is 0 Å². The summed E-state index contributed by atoms with van der Waals surface area (Å²) in [6, 6.07) is 18.0. The second-order valence-electron chi connectivity index (χ2n) is 6.43. The summed E-state index contributed by atoms with van der Waals surface area (Å²) in [7, 11) is 0. The normalized spacial score (nSPS) is 11.0. The Morgan fingerprint density at radius 3 is 2.82 bits per heavy atom. The third kappa shape index (κ3) is 4.29. The van der Waals surface area contributed by atoms with Crippen LogP contribution < -0.4 is 10.3 Å². The molecule has 2 aromatic heterocycles. The third-order valence-corrected chi connectivity index (χ3v) is 6.11. The minimum absolute atomic E-state index is 0.0725. The molecule has 28 heavy (non-hydrogen) atoms. The van der Waals surface area contributed by atoms with E-state index in [4.69, 9.17) is 4.74 Å². The summed E-state index contributed by atoms with van der Waals surface area (Å²) in [5.74, 6) is 3.08. The smallest absolute Gasteiger partial charge is 0.260 e. The fourth-order valence-corrected chi connectivity index (χ4v) is 4.63. The highest BCUT2D eigenvalue weighted by atomic mass is 32.2. The summed E-state index contributed by atoms with van der Waals surface area (Å²) < 4.78 is 5.76. The van der Waals surface area contributed by atoms with Gasteiger partial charge in [-0.05, 0) is 30.2 Å². The van der Waals surface area contributed by atoms with E-state index >= 15 is 0 Å². The maximum absolute atomic E-state index is 12.6. The lowest BCUT2D eigenvalue weighted by Crippen LogP contribution is -2.11. The lowest BCUT2D eigenvalue weighted by molar-refractivity contribution is 0.343. The first-order chi connectivity index (χ1) is 13.7. The summed E-state index contributed by atoms with van der Waals surface area (Å²) in [6.45, 7) is 2.67. The van der Waals surface area contributed by atoms with Crippen molar-refractivity contribution in [3.63, 3.8) is 0 Å². The van der Waals surface area contributed by atoms with Crippen LogP contribution in [0.2, 0.25) is 0 Å². The highest BCUT2D eigenvalue weighted by Gasteiger charge is 2.12. The van der Waals surface area contributed by atoms with Gasteiger partial charge in [0.05, 0.1) is 17.7 Å². The van der Waals surface area contributed by atoms with Crippen LogP contribution in [0, 0.1) is 6.92 Å². The van der Waals surface area contributed by atoms with E-state index in [0.29, 0.717) is 23.6 Å². The molecule has 0 unspecified atom stereocenters. The summed E-state index contributed by atoms with van der Waals surface area (Å²) in [4.78, 5) is 21.0. The number of aromatic amines is 1. The van der Waals surface area contributed by atoms with E-state index in [-0.39, 0.29) is 5.56 Å². The molecular weight excluding hydrogens is 388 g/mol. The average Bonchev–Trinajstić information content (AvgIpc) is 3.13. The molecule has 4 aromatic rings. The molecule has 0 aliphatic heterocycles. The van der Waals surface area contributed by atoms with Crippen LogP contribution in [0.1, 0.15) is 11.4 Å². The van der Waals surface area contributed by atoms with Crippen molar-refractivity contribution in [1.82, 2.24) is 9.97 Å². The van der Waals surface area contributed by atoms with Gasteiger partial charge in [0.15, 0.2) is 0 Å². The predicted octanol–water partition coefficient (Wildman–Crippen LogP) is 5.27. The number of thioether (sulfide) groups is 1. The molecule has 4 rings (SSSR count). The van der Waals surface area contributed by atoms with Gasteiger partial charge >= 0.3 is 0 Å². The number of fused-ring (bicyclic) bond motifs is 1. The van der Waals surface area contributed by atoms with Crippen molar-refractivity contribution in [3.8, 4) is 16.9 Å². The van der Waals surface area contributed by atoms with Crippen molar-refractivity contribution in [3.05, 3.63) is 81.7 Å². The van der Waals surface area contributed by atoms with E-state index in [0.717, 1.165) is 27.5 Å². The number of hydrogen-bond donors (Lipinski definition) is 1. The van der Waals surface area contributed by atoms with Gasteiger partial charge < -0.3 is 9.72 Å². The molecule has 0 spiro atoms. The molecule has 0 atom stereocenters. The minimum Gasteiger partial charge on any atom is -0.493 e. The predicted molar refractivity (Wildman–Crippen MR) is 119 cm³/mol. The van der Waals surface area contributed by atoms with Gasteiger partial charge in [-0.3, -0.25) is 4.79 Å². The molecule has 0 fully saturated rings. The number of ether oxygens (including phenoxy) is 1. The molecule has 2 aromatic carbocycles. The van der Waals surface area contributed by atoms with Crippen molar-refractivity contribution in [1.29, 1.82) is 0 Å². The molecule has 1 N–H and O–H groups in total. The number of nitrogens with one attached hydrogen (secondary N) is 1. The van der Waals surface area contributed by atoms with Gasteiger partial charge in [0.1, 0.15) is 16.4 Å². The van der Waals surface area contributed by atoms with Crippen LogP contribution in [0.25, 0.3) is 21.3 Å². The molecule has 0 radical (unpaired) electrons. The van der Waals surface area contributed by atoms with Crippen LogP contribution in [0.3, 0.4) is 0 Å². The standard InChI is InChI=1S/C22H20N2O2S2/c1-15-6-5-9-17(12-15)26-10-11-27-14-19-23-21(25)20-18(13-28-22(20)24-19)16-7-3-2-4-8-16/h2-9,12-13H,10-11,14H2,1H3,(H,23,24,25). The van der Waals surface area contributed by atoms with Gasteiger partial charge in [-0.2, -0.15) is 11.8 Å². The quantitative estimate of drug-likeness (QED) is 0.423. The second kappa shape index (κ2) is 8.63. The Kier molecular flexibility index (Phi) is 5.78. The van der Waals surface area contributed by atoms with Crippen molar-refractivity contribution >= 4 is 33.3 Å². The number of aromatic nitrogens is 2. The number of thiophene rings is 1. The zero-order valence-electron chi connectivity index (χ0n) is 15.5. The van der Waals surface area contributed by atoms with Crippen molar-refractivity contribution in [2.45, 2.75) is 12.7 Å². The zero-order valence-corrected chi connectivity index (χ0v) is 17.1. The minimum atomic E-state index is -0.0725. The molecule has 0 saturated carbocycles. The third-order valence-electron chi connectivity index (χ3n) is 4.30. The van der Waals surface area contributed by atoms with E-state index in [1.807, 2.05) is 66.9 Å². The first-order valence-electron chi connectivity index (χ1n) is 9.04. The van der Waals surface area contributed by atoms with Crippen LogP contribution in [0.5, 0.6) is 5.75 Å². The lowest BCUT2D eigenvalue weighted by Gasteiger charge is -2.06. The number of H-pyrrole nitrogens is 1. The summed E-state index contributed by atoms with van der Waals surface area (Å²) in [6.07, 6.45) is 0. The zero-order chi connectivity index (χ0) is 19.3. The topological polar surface area (TPSA) is 55.0 Å². The summed E-state index contributed by atoms with van der Waals surface area (Å²) >= 11 is 3.21. The Balaban J connectivity index is 1.39. The van der Waals surface area contributed by atoms with Gasteiger partial charge in [-0.25, -0.2) is 4.98 Å². The SMILES string of the molecule is Cc1cccc(OCCSCc2nc3scc(-c4ccccc4)c3c(=O)[nH]2)c1. The molecule has 6 heteroatoms. The Labute approximate surface area is 171 Å². The van der Waals surface area contributed by atoms with Gasteiger partial charge in [0.25, 0.3) is 5.56 Å². The first-order valence-corrected chi connectivity index (χ1v) is 11.1. The molecule has 4 nitrogen and oxygen atoms in total. The summed E-state index contributed by atoms with van der Waals surface area (Å²) in [5, 5.41) is 2.68. The Bertz CT molecular complexity index is 1140.